The van der Waals surface area contributed by atoms with Crippen LogP contribution in [0.3, 0.4) is 0 Å². The summed E-state index contributed by atoms with van der Waals surface area (Å²) in [5.41, 5.74) is -0.0231. The third-order valence-electron chi connectivity index (χ3n) is 3.14. The van der Waals surface area contributed by atoms with Gasteiger partial charge in [0.15, 0.2) is 0 Å². The van der Waals surface area contributed by atoms with Crippen LogP contribution in [0.25, 0.3) is 6.08 Å². The van der Waals surface area contributed by atoms with Crippen LogP contribution >= 0.6 is 11.6 Å². The second-order valence-electron chi connectivity index (χ2n) is 4.54. The van der Waals surface area contributed by atoms with Crippen molar-refractivity contribution < 1.29 is 14.5 Å². The number of morpholine rings is 1. The third-order valence-corrected chi connectivity index (χ3v) is 3.48. The molecule has 8 heteroatoms. The molecule has 1 heterocycles. The smallest absolute Gasteiger partial charge is 0.270 e. The number of hydrogen-bond acceptors (Lipinski definition) is 5. The fraction of sp³-hybridized carbons (Fsp3) is 0.286. The van der Waals surface area contributed by atoms with E-state index in [9.17, 15) is 20.2 Å². The molecular weight excluding hydrogens is 310 g/mol. The predicted octanol–water partition coefficient (Wildman–Crippen LogP) is 2.01. The van der Waals surface area contributed by atoms with Gasteiger partial charge in [-0.15, -0.1) is 0 Å². The van der Waals surface area contributed by atoms with Crippen molar-refractivity contribution in [2.45, 2.75) is 0 Å². The Balaban J connectivity index is 2.32. The second kappa shape index (κ2) is 7.02. The Morgan fingerprint density at radius 1 is 1.45 bits per heavy atom. The van der Waals surface area contributed by atoms with E-state index >= 15 is 0 Å². The SMILES string of the molecule is N#CC(=Cc1cc([N+](=O)[O-])ccc1Cl)C(=O)N1CCOCC1. The number of halogens is 1. The zero-order valence-electron chi connectivity index (χ0n) is 11.5. The summed E-state index contributed by atoms with van der Waals surface area (Å²) in [4.78, 5) is 24.0. The van der Waals surface area contributed by atoms with Crippen molar-refractivity contribution in [3.05, 3.63) is 44.5 Å². The number of carbonyl (C=O) groups is 1. The lowest BCUT2D eigenvalue weighted by molar-refractivity contribution is -0.384. The molecule has 0 saturated carbocycles. The Kier molecular flexibility index (Phi) is 5.09. The molecule has 0 bridgehead atoms. The number of rotatable bonds is 3. The lowest BCUT2D eigenvalue weighted by Gasteiger charge is -2.26. The summed E-state index contributed by atoms with van der Waals surface area (Å²) < 4.78 is 5.15. The number of nitro groups is 1. The van der Waals surface area contributed by atoms with E-state index in [4.69, 9.17) is 16.3 Å². The molecule has 0 aromatic heterocycles. The summed E-state index contributed by atoms with van der Waals surface area (Å²) in [6.07, 6.45) is 1.27. The van der Waals surface area contributed by atoms with Crippen molar-refractivity contribution in [1.82, 2.24) is 4.90 Å². The molecular formula is C14H12ClN3O4. The Labute approximate surface area is 131 Å². The summed E-state index contributed by atoms with van der Waals surface area (Å²) in [5, 5.41) is 20.2. The highest BCUT2D eigenvalue weighted by Gasteiger charge is 2.21. The molecule has 1 amide bonds. The lowest BCUT2D eigenvalue weighted by Crippen LogP contribution is -2.41. The van der Waals surface area contributed by atoms with Gasteiger partial charge in [0, 0.05) is 35.8 Å². The van der Waals surface area contributed by atoms with Gasteiger partial charge in [0.2, 0.25) is 0 Å². The van der Waals surface area contributed by atoms with E-state index in [0.29, 0.717) is 26.3 Å². The average Bonchev–Trinajstić information content (AvgIpc) is 2.54. The molecule has 0 radical (unpaired) electrons. The monoisotopic (exact) mass is 321 g/mol. The topological polar surface area (TPSA) is 96.5 Å². The first kappa shape index (κ1) is 15.9. The minimum absolute atomic E-state index is 0.121. The molecule has 1 fully saturated rings. The predicted molar refractivity (Wildman–Crippen MR) is 79.1 cm³/mol. The fourth-order valence-corrected chi connectivity index (χ4v) is 2.16. The lowest BCUT2D eigenvalue weighted by atomic mass is 10.1. The molecule has 2 rings (SSSR count). The molecule has 1 aliphatic rings. The van der Waals surface area contributed by atoms with E-state index in [2.05, 4.69) is 0 Å². The first-order valence-corrected chi connectivity index (χ1v) is 6.83. The summed E-state index contributed by atoms with van der Waals surface area (Å²) in [6, 6.07) is 5.67. The minimum atomic E-state index is -0.566. The number of non-ortho nitro benzene ring substituents is 1. The molecule has 114 valence electrons. The second-order valence-corrected chi connectivity index (χ2v) is 4.94. The number of benzene rings is 1. The molecule has 0 aliphatic carbocycles. The molecule has 1 saturated heterocycles. The largest absolute Gasteiger partial charge is 0.378 e. The van der Waals surface area contributed by atoms with Crippen molar-refractivity contribution in [3.8, 4) is 6.07 Å². The molecule has 0 N–H and O–H groups in total. The Morgan fingerprint density at radius 2 is 2.14 bits per heavy atom. The van der Waals surface area contributed by atoms with Crippen LogP contribution in [0.2, 0.25) is 5.02 Å². The fourth-order valence-electron chi connectivity index (χ4n) is 1.99. The van der Waals surface area contributed by atoms with Crippen LogP contribution in [0.4, 0.5) is 5.69 Å². The van der Waals surface area contributed by atoms with Gasteiger partial charge in [-0.25, -0.2) is 0 Å². The van der Waals surface area contributed by atoms with Gasteiger partial charge in [-0.1, -0.05) is 11.6 Å². The van der Waals surface area contributed by atoms with Gasteiger partial charge < -0.3 is 9.64 Å². The van der Waals surface area contributed by atoms with Gasteiger partial charge in [-0.2, -0.15) is 5.26 Å². The van der Waals surface area contributed by atoms with Crippen molar-refractivity contribution in [2.24, 2.45) is 0 Å². The summed E-state index contributed by atoms with van der Waals surface area (Å²) in [6.45, 7) is 1.64. The molecule has 7 nitrogen and oxygen atoms in total. The maximum atomic E-state index is 12.3. The quantitative estimate of drug-likeness (QED) is 0.367. The van der Waals surface area contributed by atoms with Gasteiger partial charge in [0.05, 0.1) is 18.1 Å². The summed E-state index contributed by atoms with van der Waals surface area (Å²) >= 11 is 5.97. The van der Waals surface area contributed by atoms with Crippen molar-refractivity contribution >= 4 is 29.3 Å². The highest BCUT2D eigenvalue weighted by atomic mass is 35.5. The highest BCUT2D eigenvalue weighted by molar-refractivity contribution is 6.32. The molecule has 1 aliphatic heterocycles. The highest BCUT2D eigenvalue weighted by Crippen LogP contribution is 2.24. The molecule has 1 aromatic carbocycles. The number of nitriles is 1. The first-order chi connectivity index (χ1) is 10.5. The Bertz CT molecular complexity index is 675. The Morgan fingerprint density at radius 3 is 2.73 bits per heavy atom. The van der Waals surface area contributed by atoms with Crippen LogP contribution < -0.4 is 0 Å². The van der Waals surface area contributed by atoms with Crippen LogP contribution in [-0.2, 0) is 9.53 Å². The van der Waals surface area contributed by atoms with Crippen LogP contribution in [0.15, 0.2) is 23.8 Å². The van der Waals surface area contributed by atoms with Gasteiger partial charge in [0.1, 0.15) is 11.6 Å². The number of carbonyl (C=O) groups excluding carboxylic acids is 1. The van der Waals surface area contributed by atoms with Crippen LogP contribution in [0.1, 0.15) is 5.56 Å². The van der Waals surface area contributed by atoms with E-state index in [-0.39, 0.29) is 21.8 Å². The molecule has 22 heavy (non-hydrogen) atoms. The average molecular weight is 322 g/mol. The standard InChI is InChI=1S/C14H12ClN3O4/c15-13-2-1-12(18(20)21)8-10(13)7-11(9-16)14(19)17-3-5-22-6-4-17/h1-2,7-8H,3-6H2. The van der Waals surface area contributed by atoms with Gasteiger partial charge >= 0.3 is 0 Å². The maximum Gasteiger partial charge on any atom is 0.270 e. The third kappa shape index (κ3) is 3.61. The summed E-state index contributed by atoms with van der Waals surface area (Å²) in [5.74, 6) is -0.437. The van der Waals surface area contributed by atoms with E-state index in [1.54, 1.807) is 0 Å². The number of hydrogen-bond donors (Lipinski definition) is 0. The zero-order chi connectivity index (χ0) is 16.1. The Hall–Kier alpha value is -2.43. The van der Waals surface area contributed by atoms with Gasteiger partial charge in [-0.3, -0.25) is 14.9 Å². The van der Waals surface area contributed by atoms with E-state index in [0.717, 1.165) is 0 Å². The number of ether oxygens (including phenoxy) is 1. The van der Waals surface area contributed by atoms with E-state index in [1.807, 2.05) is 6.07 Å². The molecule has 0 spiro atoms. The first-order valence-electron chi connectivity index (χ1n) is 6.45. The van der Waals surface area contributed by atoms with Crippen LogP contribution in [-0.4, -0.2) is 42.0 Å². The molecule has 0 unspecified atom stereocenters. The van der Waals surface area contributed by atoms with E-state index < -0.39 is 10.8 Å². The van der Waals surface area contributed by atoms with Crippen molar-refractivity contribution in [2.75, 3.05) is 26.3 Å². The van der Waals surface area contributed by atoms with Crippen LogP contribution in [0, 0.1) is 21.4 Å². The number of nitro benzene ring substituents is 1. The molecule has 1 aromatic rings. The van der Waals surface area contributed by atoms with Gasteiger partial charge in [0.25, 0.3) is 11.6 Å². The minimum Gasteiger partial charge on any atom is -0.378 e. The van der Waals surface area contributed by atoms with Crippen molar-refractivity contribution in [3.63, 3.8) is 0 Å². The maximum absolute atomic E-state index is 12.3. The summed E-state index contributed by atoms with van der Waals surface area (Å²) in [7, 11) is 0. The van der Waals surface area contributed by atoms with Crippen LogP contribution in [0.5, 0.6) is 0 Å². The van der Waals surface area contributed by atoms with E-state index in [1.165, 1.54) is 29.2 Å². The van der Waals surface area contributed by atoms with Crippen molar-refractivity contribution in [1.29, 1.82) is 5.26 Å². The normalized spacial score (nSPS) is 15.3. The zero-order valence-corrected chi connectivity index (χ0v) is 12.2. The number of nitrogens with zero attached hydrogens (tertiary/aromatic N) is 3. The molecule has 0 atom stereocenters. The number of amides is 1. The van der Waals surface area contributed by atoms with Gasteiger partial charge in [-0.05, 0) is 12.1 Å².